The van der Waals surface area contributed by atoms with E-state index in [1.54, 1.807) is 13.8 Å². The fraction of sp³-hybridized carbons (Fsp3) is 1.00. The molecule has 0 aromatic rings. The lowest BCUT2D eigenvalue weighted by molar-refractivity contribution is -0.186. The van der Waals surface area contributed by atoms with Gasteiger partial charge in [-0.1, -0.05) is 13.8 Å². The number of rotatable bonds is 5. The Bertz CT molecular complexity index is 178. The van der Waals surface area contributed by atoms with Crippen molar-refractivity contribution in [3.05, 3.63) is 0 Å². The third-order valence-electron chi connectivity index (χ3n) is 2.24. The van der Waals surface area contributed by atoms with Crippen molar-refractivity contribution in [3.8, 4) is 0 Å². The van der Waals surface area contributed by atoms with Gasteiger partial charge in [0.2, 0.25) is 0 Å². The van der Waals surface area contributed by atoms with Gasteiger partial charge in [0.1, 0.15) is 6.04 Å². The average molecular weight is 226 g/mol. The van der Waals surface area contributed by atoms with E-state index in [0.29, 0.717) is 6.54 Å². The van der Waals surface area contributed by atoms with E-state index in [9.17, 15) is 13.2 Å². The Labute approximate surface area is 89.6 Å². The summed E-state index contributed by atoms with van der Waals surface area (Å²) >= 11 is 0. The van der Waals surface area contributed by atoms with E-state index in [2.05, 4.69) is 0 Å². The number of nitrogens with two attached hydrogens (primary N) is 1. The van der Waals surface area contributed by atoms with Crippen LogP contribution in [0, 0.1) is 5.92 Å². The Morgan fingerprint density at radius 1 is 1.13 bits per heavy atom. The molecule has 0 rings (SSSR count). The summed E-state index contributed by atoms with van der Waals surface area (Å²) in [6.45, 7) is 7.36. The SMILES string of the molecule is CC(C)CN(C(C)C)C(CN)C(F)(F)F. The second-order valence-corrected chi connectivity index (χ2v) is 4.48. The van der Waals surface area contributed by atoms with Crippen molar-refractivity contribution in [2.24, 2.45) is 11.7 Å². The van der Waals surface area contributed by atoms with E-state index in [-0.39, 0.29) is 18.5 Å². The van der Waals surface area contributed by atoms with Gasteiger partial charge in [0, 0.05) is 19.1 Å². The molecule has 0 aromatic carbocycles. The molecular weight excluding hydrogens is 205 g/mol. The highest BCUT2D eigenvalue weighted by Gasteiger charge is 2.43. The Morgan fingerprint density at radius 3 is 1.80 bits per heavy atom. The minimum absolute atomic E-state index is 0.150. The quantitative estimate of drug-likeness (QED) is 0.779. The summed E-state index contributed by atoms with van der Waals surface area (Å²) in [5.41, 5.74) is 5.21. The van der Waals surface area contributed by atoms with Crippen molar-refractivity contribution in [2.75, 3.05) is 13.1 Å². The van der Waals surface area contributed by atoms with E-state index < -0.39 is 12.2 Å². The van der Waals surface area contributed by atoms with Crippen molar-refractivity contribution in [1.29, 1.82) is 0 Å². The Morgan fingerprint density at radius 2 is 1.60 bits per heavy atom. The summed E-state index contributed by atoms with van der Waals surface area (Å²) in [5.74, 6) is 0.198. The standard InChI is InChI=1S/C10H21F3N2/c1-7(2)6-15(8(3)4)9(5-14)10(11,12)13/h7-9H,5-6,14H2,1-4H3. The fourth-order valence-corrected chi connectivity index (χ4v) is 1.58. The molecule has 5 heteroatoms. The monoisotopic (exact) mass is 226 g/mol. The number of halogens is 3. The van der Waals surface area contributed by atoms with Crippen LogP contribution in [0.4, 0.5) is 13.2 Å². The lowest BCUT2D eigenvalue weighted by atomic mass is 10.1. The Kier molecular flexibility index (Phi) is 5.59. The van der Waals surface area contributed by atoms with Crippen molar-refractivity contribution in [1.82, 2.24) is 4.90 Å². The molecule has 0 saturated carbocycles. The molecule has 2 N–H and O–H groups in total. The van der Waals surface area contributed by atoms with Crippen LogP contribution >= 0.6 is 0 Å². The van der Waals surface area contributed by atoms with Gasteiger partial charge in [-0.05, 0) is 19.8 Å². The van der Waals surface area contributed by atoms with Crippen LogP contribution in [0.5, 0.6) is 0 Å². The lowest BCUT2D eigenvalue weighted by Crippen LogP contribution is -2.54. The summed E-state index contributed by atoms with van der Waals surface area (Å²) in [7, 11) is 0. The second-order valence-electron chi connectivity index (χ2n) is 4.48. The largest absolute Gasteiger partial charge is 0.405 e. The molecule has 15 heavy (non-hydrogen) atoms. The Hall–Kier alpha value is -0.290. The first-order valence-electron chi connectivity index (χ1n) is 5.22. The van der Waals surface area contributed by atoms with Gasteiger partial charge < -0.3 is 5.73 Å². The summed E-state index contributed by atoms with van der Waals surface area (Å²) < 4.78 is 38.0. The predicted molar refractivity (Wildman–Crippen MR) is 55.6 cm³/mol. The van der Waals surface area contributed by atoms with Crippen molar-refractivity contribution in [2.45, 2.75) is 46.0 Å². The van der Waals surface area contributed by atoms with Gasteiger partial charge in [-0.15, -0.1) is 0 Å². The molecule has 1 atom stereocenters. The summed E-state index contributed by atoms with van der Waals surface area (Å²) in [6, 6.07) is -1.68. The molecule has 0 amide bonds. The molecule has 0 spiro atoms. The number of hydrogen-bond acceptors (Lipinski definition) is 2. The summed E-state index contributed by atoms with van der Waals surface area (Å²) in [5, 5.41) is 0. The van der Waals surface area contributed by atoms with Gasteiger partial charge in [0.05, 0.1) is 0 Å². The van der Waals surface area contributed by atoms with Gasteiger partial charge in [-0.25, -0.2) is 0 Å². The van der Waals surface area contributed by atoms with Crippen LogP contribution in [0.3, 0.4) is 0 Å². The fourth-order valence-electron chi connectivity index (χ4n) is 1.58. The Balaban J connectivity index is 4.71. The minimum atomic E-state index is -4.24. The van der Waals surface area contributed by atoms with Gasteiger partial charge in [-0.3, -0.25) is 4.90 Å². The van der Waals surface area contributed by atoms with Crippen LogP contribution in [0.2, 0.25) is 0 Å². The normalized spacial score (nSPS) is 15.4. The van der Waals surface area contributed by atoms with Crippen LogP contribution in [-0.2, 0) is 0 Å². The molecule has 0 aliphatic carbocycles. The predicted octanol–water partition coefficient (Wildman–Crippen LogP) is 2.24. The van der Waals surface area contributed by atoms with Crippen LogP contribution in [-0.4, -0.2) is 36.2 Å². The van der Waals surface area contributed by atoms with Gasteiger partial charge in [-0.2, -0.15) is 13.2 Å². The molecule has 0 aliphatic heterocycles. The molecule has 0 heterocycles. The summed E-state index contributed by atoms with van der Waals surface area (Å²) in [4.78, 5) is 1.42. The highest BCUT2D eigenvalue weighted by atomic mass is 19.4. The number of hydrogen-bond donors (Lipinski definition) is 1. The van der Waals surface area contributed by atoms with E-state index in [1.807, 2.05) is 13.8 Å². The smallest absolute Gasteiger partial charge is 0.329 e. The van der Waals surface area contributed by atoms with Crippen molar-refractivity contribution < 1.29 is 13.2 Å². The third-order valence-corrected chi connectivity index (χ3v) is 2.24. The molecule has 1 unspecified atom stereocenters. The molecule has 0 aliphatic rings. The van der Waals surface area contributed by atoms with E-state index in [4.69, 9.17) is 5.73 Å². The van der Waals surface area contributed by atoms with Gasteiger partial charge >= 0.3 is 6.18 Å². The average Bonchev–Trinajstić information content (AvgIpc) is 2.00. The number of alkyl halides is 3. The maximum absolute atomic E-state index is 12.7. The molecule has 0 saturated heterocycles. The van der Waals surface area contributed by atoms with Crippen LogP contribution in [0.15, 0.2) is 0 Å². The highest BCUT2D eigenvalue weighted by Crippen LogP contribution is 2.26. The molecule has 2 nitrogen and oxygen atoms in total. The maximum atomic E-state index is 12.7. The zero-order valence-electron chi connectivity index (χ0n) is 9.80. The van der Waals surface area contributed by atoms with E-state index >= 15 is 0 Å². The molecule has 0 fully saturated rings. The van der Waals surface area contributed by atoms with Gasteiger partial charge in [0.15, 0.2) is 0 Å². The first-order chi connectivity index (χ1) is 6.70. The minimum Gasteiger partial charge on any atom is -0.329 e. The van der Waals surface area contributed by atoms with Crippen LogP contribution in [0.1, 0.15) is 27.7 Å². The first-order valence-corrected chi connectivity index (χ1v) is 5.22. The van der Waals surface area contributed by atoms with Crippen molar-refractivity contribution in [3.63, 3.8) is 0 Å². The van der Waals surface area contributed by atoms with Crippen LogP contribution in [0.25, 0.3) is 0 Å². The lowest BCUT2D eigenvalue weighted by Gasteiger charge is -2.36. The van der Waals surface area contributed by atoms with Crippen molar-refractivity contribution >= 4 is 0 Å². The van der Waals surface area contributed by atoms with E-state index in [1.165, 1.54) is 4.90 Å². The first kappa shape index (κ1) is 14.7. The molecule has 0 aromatic heterocycles. The molecule has 92 valence electrons. The zero-order valence-corrected chi connectivity index (χ0v) is 9.80. The second kappa shape index (κ2) is 5.70. The van der Waals surface area contributed by atoms with Crippen LogP contribution < -0.4 is 5.73 Å². The molecule has 0 bridgehead atoms. The number of nitrogens with zero attached hydrogens (tertiary/aromatic N) is 1. The van der Waals surface area contributed by atoms with E-state index in [0.717, 1.165) is 0 Å². The summed E-state index contributed by atoms with van der Waals surface area (Å²) in [6.07, 6.45) is -4.24. The topological polar surface area (TPSA) is 29.3 Å². The third kappa shape index (κ3) is 4.84. The van der Waals surface area contributed by atoms with Gasteiger partial charge in [0.25, 0.3) is 0 Å². The maximum Gasteiger partial charge on any atom is 0.405 e. The molecule has 0 radical (unpaired) electrons. The highest BCUT2D eigenvalue weighted by molar-refractivity contribution is 4.82. The zero-order chi connectivity index (χ0) is 12.2. The molecular formula is C10H21F3N2.